The highest BCUT2D eigenvalue weighted by Crippen LogP contribution is 2.39. The summed E-state index contributed by atoms with van der Waals surface area (Å²) in [5.74, 6) is 1.17. The predicted molar refractivity (Wildman–Crippen MR) is 124 cm³/mol. The SMILES string of the molecule is COc1cc(C(=O)N2CCC3(CC2)NCC(=O)N3Cc2cccc(C#N)c2)cc(OC)c1OC. The van der Waals surface area contributed by atoms with Crippen LogP contribution < -0.4 is 19.5 Å². The monoisotopic (exact) mass is 464 g/mol. The summed E-state index contributed by atoms with van der Waals surface area (Å²) in [7, 11) is 4.55. The maximum Gasteiger partial charge on any atom is 0.254 e. The summed E-state index contributed by atoms with van der Waals surface area (Å²) in [5.41, 5.74) is 1.42. The molecule has 178 valence electrons. The molecule has 2 amide bonds. The number of nitriles is 1. The summed E-state index contributed by atoms with van der Waals surface area (Å²) in [5, 5.41) is 12.6. The first-order valence-electron chi connectivity index (χ1n) is 11.1. The Morgan fingerprint density at radius 3 is 2.35 bits per heavy atom. The number of carbonyl (C=O) groups is 2. The highest BCUT2D eigenvalue weighted by Gasteiger charge is 2.47. The number of nitrogens with one attached hydrogen (secondary N) is 1. The van der Waals surface area contributed by atoms with Crippen molar-refractivity contribution in [3.63, 3.8) is 0 Å². The van der Waals surface area contributed by atoms with E-state index >= 15 is 0 Å². The number of nitrogens with zero attached hydrogens (tertiary/aromatic N) is 3. The lowest BCUT2D eigenvalue weighted by molar-refractivity contribution is -0.132. The van der Waals surface area contributed by atoms with Gasteiger partial charge in [-0.2, -0.15) is 5.26 Å². The van der Waals surface area contributed by atoms with Gasteiger partial charge in [0.1, 0.15) is 0 Å². The molecule has 2 saturated heterocycles. The topological polar surface area (TPSA) is 104 Å². The smallest absolute Gasteiger partial charge is 0.254 e. The largest absolute Gasteiger partial charge is 0.493 e. The molecule has 0 aliphatic carbocycles. The molecule has 2 aliphatic rings. The number of rotatable bonds is 6. The van der Waals surface area contributed by atoms with Crippen molar-refractivity contribution in [2.24, 2.45) is 0 Å². The zero-order chi connectivity index (χ0) is 24.3. The number of ether oxygens (including phenoxy) is 3. The fraction of sp³-hybridized carbons (Fsp3) is 0.400. The van der Waals surface area contributed by atoms with Gasteiger partial charge in [-0.3, -0.25) is 14.9 Å². The van der Waals surface area contributed by atoms with E-state index in [0.717, 1.165) is 5.56 Å². The van der Waals surface area contributed by atoms with Gasteiger partial charge >= 0.3 is 0 Å². The number of piperidine rings is 1. The second-order valence-corrected chi connectivity index (χ2v) is 8.38. The van der Waals surface area contributed by atoms with Crippen molar-refractivity contribution in [1.29, 1.82) is 5.26 Å². The highest BCUT2D eigenvalue weighted by atomic mass is 16.5. The lowest BCUT2D eigenvalue weighted by atomic mass is 9.94. The van der Waals surface area contributed by atoms with Gasteiger partial charge in [0.25, 0.3) is 5.91 Å². The first kappa shape index (κ1) is 23.4. The van der Waals surface area contributed by atoms with Crippen LogP contribution >= 0.6 is 0 Å². The van der Waals surface area contributed by atoms with Crippen LogP contribution in [0.4, 0.5) is 0 Å². The van der Waals surface area contributed by atoms with E-state index in [1.807, 2.05) is 23.1 Å². The molecule has 1 spiro atoms. The summed E-state index contributed by atoms with van der Waals surface area (Å²) in [6.07, 6.45) is 1.21. The molecule has 1 N–H and O–H groups in total. The summed E-state index contributed by atoms with van der Waals surface area (Å²) >= 11 is 0. The van der Waals surface area contributed by atoms with E-state index in [2.05, 4.69) is 11.4 Å². The molecule has 9 heteroatoms. The summed E-state index contributed by atoms with van der Waals surface area (Å²) in [6, 6.07) is 12.7. The number of likely N-dealkylation sites (tertiary alicyclic amines) is 1. The van der Waals surface area contributed by atoms with Crippen LogP contribution in [0.5, 0.6) is 17.2 Å². The highest BCUT2D eigenvalue weighted by molar-refractivity contribution is 5.95. The molecule has 34 heavy (non-hydrogen) atoms. The number of carbonyl (C=O) groups excluding carboxylic acids is 2. The van der Waals surface area contributed by atoms with Crippen molar-refractivity contribution < 1.29 is 23.8 Å². The Morgan fingerprint density at radius 1 is 1.09 bits per heavy atom. The first-order chi connectivity index (χ1) is 16.4. The lowest BCUT2D eigenvalue weighted by Gasteiger charge is -2.44. The predicted octanol–water partition coefficient (Wildman–Crippen LogP) is 2.15. The third-order valence-electron chi connectivity index (χ3n) is 6.57. The maximum atomic E-state index is 13.3. The molecular weight excluding hydrogens is 436 g/mol. The van der Waals surface area contributed by atoms with Gasteiger partial charge in [0.15, 0.2) is 11.5 Å². The maximum absolute atomic E-state index is 13.3. The second-order valence-electron chi connectivity index (χ2n) is 8.38. The van der Waals surface area contributed by atoms with E-state index < -0.39 is 5.66 Å². The quantitative estimate of drug-likeness (QED) is 0.699. The van der Waals surface area contributed by atoms with E-state index in [4.69, 9.17) is 14.2 Å². The number of hydrogen-bond donors (Lipinski definition) is 1. The van der Waals surface area contributed by atoms with Crippen molar-refractivity contribution >= 4 is 11.8 Å². The van der Waals surface area contributed by atoms with Crippen molar-refractivity contribution in [3.05, 3.63) is 53.1 Å². The molecule has 0 unspecified atom stereocenters. The lowest BCUT2D eigenvalue weighted by Crippen LogP contribution is -2.59. The van der Waals surface area contributed by atoms with Gasteiger partial charge in [-0.15, -0.1) is 0 Å². The van der Waals surface area contributed by atoms with Crippen LogP contribution in [0.15, 0.2) is 36.4 Å². The summed E-state index contributed by atoms with van der Waals surface area (Å²) in [6.45, 7) is 1.66. The van der Waals surface area contributed by atoms with Crippen molar-refractivity contribution in [3.8, 4) is 23.3 Å². The molecule has 0 radical (unpaired) electrons. The van der Waals surface area contributed by atoms with Gasteiger partial charge in [0.05, 0.1) is 45.2 Å². The third kappa shape index (κ3) is 4.24. The Balaban J connectivity index is 1.50. The molecule has 2 aromatic rings. The van der Waals surface area contributed by atoms with Crippen molar-refractivity contribution in [2.75, 3.05) is 41.0 Å². The Kier molecular flexibility index (Phi) is 6.61. The van der Waals surface area contributed by atoms with E-state index in [9.17, 15) is 14.9 Å². The Bertz CT molecular complexity index is 1110. The van der Waals surface area contributed by atoms with E-state index in [0.29, 0.717) is 60.9 Å². The van der Waals surface area contributed by atoms with Crippen LogP contribution in [0, 0.1) is 11.3 Å². The van der Waals surface area contributed by atoms with Crippen LogP contribution in [-0.4, -0.2) is 68.2 Å². The summed E-state index contributed by atoms with van der Waals surface area (Å²) in [4.78, 5) is 29.6. The molecule has 0 aromatic heterocycles. The van der Waals surface area contributed by atoms with Gasteiger partial charge in [0.2, 0.25) is 11.7 Å². The van der Waals surface area contributed by atoms with Crippen LogP contribution in [-0.2, 0) is 11.3 Å². The second kappa shape index (κ2) is 9.61. The molecular formula is C25H28N4O5. The molecule has 2 aromatic carbocycles. The molecule has 2 fully saturated rings. The zero-order valence-corrected chi connectivity index (χ0v) is 19.6. The zero-order valence-electron chi connectivity index (χ0n) is 19.6. The fourth-order valence-electron chi connectivity index (χ4n) is 4.74. The van der Waals surface area contributed by atoms with E-state index in [1.54, 1.807) is 23.1 Å². The Hall–Kier alpha value is -3.77. The fourth-order valence-corrected chi connectivity index (χ4v) is 4.74. The van der Waals surface area contributed by atoms with E-state index in [1.165, 1.54) is 21.3 Å². The normalized spacial score (nSPS) is 16.9. The molecule has 0 bridgehead atoms. The molecule has 9 nitrogen and oxygen atoms in total. The van der Waals surface area contributed by atoms with Crippen LogP contribution in [0.2, 0.25) is 0 Å². The minimum Gasteiger partial charge on any atom is -0.493 e. The Morgan fingerprint density at radius 2 is 1.76 bits per heavy atom. The van der Waals surface area contributed by atoms with Crippen molar-refractivity contribution in [1.82, 2.24) is 15.1 Å². The summed E-state index contributed by atoms with van der Waals surface area (Å²) < 4.78 is 16.1. The number of amides is 2. The number of hydrogen-bond acceptors (Lipinski definition) is 7. The minimum absolute atomic E-state index is 0.0202. The van der Waals surface area contributed by atoms with Crippen LogP contribution in [0.3, 0.4) is 0 Å². The van der Waals surface area contributed by atoms with Gasteiger partial charge in [-0.05, 0) is 29.8 Å². The minimum atomic E-state index is -0.508. The number of methoxy groups -OCH3 is 3. The molecule has 0 saturated carbocycles. The van der Waals surface area contributed by atoms with Gasteiger partial charge < -0.3 is 24.0 Å². The van der Waals surface area contributed by atoms with Gasteiger partial charge in [-0.1, -0.05) is 12.1 Å². The molecule has 2 heterocycles. The average Bonchev–Trinajstić information content (AvgIpc) is 3.17. The molecule has 2 aliphatic heterocycles. The Labute approximate surface area is 198 Å². The van der Waals surface area contributed by atoms with Crippen molar-refractivity contribution in [2.45, 2.75) is 25.0 Å². The molecule has 4 rings (SSSR count). The van der Waals surface area contributed by atoms with Gasteiger partial charge in [-0.25, -0.2) is 0 Å². The van der Waals surface area contributed by atoms with E-state index in [-0.39, 0.29) is 18.4 Å². The third-order valence-corrected chi connectivity index (χ3v) is 6.57. The first-order valence-corrected chi connectivity index (χ1v) is 11.1. The van der Waals surface area contributed by atoms with Gasteiger partial charge in [0, 0.05) is 38.0 Å². The molecule has 0 atom stereocenters. The van der Waals surface area contributed by atoms with Crippen LogP contribution in [0.1, 0.15) is 34.3 Å². The average molecular weight is 465 g/mol. The standard InChI is InChI=1S/C25H28N4O5/c1-32-20-12-19(13-21(33-2)23(20)34-3)24(31)28-9-7-25(8-10-28)27-15-22(30)29(25)16-18-6-4-5-17(11-18)14-26/h4-6,11-13,27H,7-10,15-16H2,1-3H3. The number of benzene rings is 2. The van der Waals surface area contributed by atoms with Crippen LogP contribution in [0.25, 0.3) is 0 Å².